The molecule has 0 saturated heterocycles. The molecule has 0 spiro atoms. The van der Waals surface area contributed by atoms with Crippen LogP contribution in [0.1, 0.15) is 18.1 Å². The Bertz CT molecular complexity index is 714. The van der Waals surface area contributed by atoms with E-state index in [0.29, 0.717) is 6.54 Å². The minimum Gasteiger partial charge on any atom is -0.308 e. The van der Waals surface area contributed by atoms with Crippen LogP contribution in [0.25, 0.3) is 0 Å². The van der Waals surface area contributed by atoms with Gasteiger partial charge in [-0.15, -0.1) is 11.8 Å². The van der Waals surface area contributed by atoms with Crippen LogP contribution >= 0.6 is 11.8 Å². The zero-order chi connectivity index (χ0) is 17.1. The maximum Gasteiger partial charge on any atom is 0.241 e. The molecule has 0 aromatic heterocycles. The summed E-state index contributed by atoms with van der Waals surface area (Å²) in [6.45, 7) is 3.34. The third kappa shape index (κ3) is 3.65. The summed E-state index contributed by atoms with van der Waals surface area (Å²) in [5.41, 5.74) is 3.58. The summed E-state index contributed by atoms with van der Waals surface area (Å²) >= 11 is 1.74. The number of carbonyl (C=O) groups is 1. The van der Waals surface area contributed by atoms with Crippen molar-refractivity contribution < 1.29 is 4.79 Å². The van der Waals surface area contributed by atoms with Crippen molar-refractivity contribution in [2.24, 2.45) is 0 Å². The summed E-state index contributed by atoms with van der Waals surface area (Å²) in [6.07, 6.45) is 3.02. The molecular weight excluding hydrogens is 316 g/mol. The Morgan fingerprint density at radius 1 is 1.21 bits per heavy atom. The number of likely N-dealkylation sites (N-methyl/N-ethyl adjacent to an activating group) is 1. The number of benzene rings is 2. The van der Waals surface area contributed by atoms with E-state index < -0.39 is 0 Å². The van der Waals surface area contributed by atoms with Gasteiger partial charge < -0.3 is 4.90 Å². The van der Waals surface area contributed by atoms with E-state index in [1.54, 1.807) is 11.8 Å². The van der Waals surface area contributed by atoms with E-state index in [9.17, 15) is 4.79 Å². The van der Waals surface area contributed by atoms with Crippen molar-refractivity contribution in [3.05, 3.63) is 59.7 Å². The van der Waals surface area contributed by atoms with Crippen LogP contribution in [0.5, 0.6) is 0 Å². The van der Waals surface area contributed by atoms with Gasteiger partial charge in [-0.2, -0.15) is 0 Å². The standard InChI is InChI=1S/C20H24N2OS/c1-15-12-17-6-4-5-7-19(17)22(15)20(23)14-21(2)13-16-8-10-18(24-3)11-9-16/h4-11,15H,12-14H2,1-3H3/t15-/m1/s1. The molecule has 1 aliphatic heterocycles. The van der Waals surface area contributed by atoms with Gasteiger partial charge in [-0.3, -0.25) is 9.69 Å². The normalized spacial score (nSPS) is 16.5. The number of para-hydroxylation sites is 1. The van der Waals surface area contributed by atoms with Crippen LogP contribution in [0.2, 0.25) is 0 Å². The Morgan fingerprint density at radius 3 is 2.62 bits per heavy atom. The van der Waals surface area contributed by atoms with Crippen molar-refractivity contribution in [3.8, 4) is 0 Å². The van der Waals surface area contributed by atoms with E-state index in [1.807, 2.05) is 24.1 Å². The van der Waals surface area contributed by atoms with Gasteiger partial charge >= 0.3 is 0 Å². The largest absolute Gasteiger partial charge is 0.308 e. The van der Waals surface area contributed by atoms with Gasteiger partial charge in [0, 0.05) is 23.2 Å². The van der Waals surface area contributed by atoms with Crippen LogP contribution in [-0.4, -0.2) is 36.7 Å². The Balaban J connectivity index is 1.63. The van der Waals surface area contributed by atoms with E-state index in [0.717, 1.165) is 18.7 Å². The molecule has 0 fully saturated rings. The third-order valence-electron chi connectivity index (χ3n) is 4.49. The van der Waals surface area contributed by atoms with Crippen LogP contribution in [0, 0.1) is 0 Å². The topological polar surface area (TPSA) is 23.6 Å². The van der Waals surface area contributed by atoms with Crippen LogP contribution < -0.4 is 4.90 Å². The molecule has 0 bridgehead atoms. The molecule has 126 valence electrons. The van der Waals surface area contributed by atoms with Gasteiger partial charge in [0.25, 0.3) is 0 Å². The van der Waals surface area contributed by atoms with Gasteiger partial charge in [0.05, 0.1) is 6.54 Å². The summed E-state index contributed by atoms with van der Waals surface area (Å²) in [5, 5.41) is 0. The first kappa shape index (κ1) is 17.1. The van der Waals surface area contributed by atoms with E-state index in [1.165, 1.54) is 16.0 Å². The van der Waals surface area contributed by atoms with Gasteiger partial charge in [-0.25, -0.2) is 0 Å². The highest BCUT2D eigenvalue weighted by molar-refractivity contribution is 7.98. The summed E-state index contributed by atoms with van der Waals surface area (Å²) in [4.78, 5) is 18.1. The number of nitrogens with zero attached hydrogens (tertiary/aromatic N) is 2. The summed E-state index contributed by atoms with van der Waals surface area (Å²) in [6, 6.07) is 17.0. The molecule has 1 amide bonds. The lowest BCUT2D eigenvalue weighted by Gasteiger charge is -2.26. The highest BCUT2D eigenvalue weighted by Crippen LogP contribution is 2.31. The Labute approximate surface area is 148 Å². The highest BCUT2D eigenvalue weighted by atomic mass is 32.2. The molecule has 24 heavy (non-hydrogen) atoms. The van der Waals surface area contributed by atoms with Gasteiger partial charge in [-0.1, -0.05) is 30.3 Å². The number of rotatable bonds is 5. The fourth-order valence-corrected chi connectivity index (χ4v) is 3.76. The predicted molar refractivity (Wildman–Crippen MR) is 102 cm³/mol. The molecule has 0 unspecified atom stereocenters. The molecule has 0 N–H and O–H groups in total. The summed E-state index contributed by atoms with van der Waals surface area (Å²) < 4.78 is 0. The second-order valence-corrected chi connectivity index (χ2v) is 7.35. The van der Waals surface area contributed by atoms with Crippen molar-refractivity contribution in [1.29, 1.82) is 0 Å². The van der Waals surface area contributed by atoms with E-state index >= 15 is 0 Å². The molecule has 0 saturated carbocycles. The fourth-order valence-electron chi connectivity index (χ4n) is 3.35. The minimum absolute atomic E-state index is 0.177. The molecule has 2 aromatic carbocycles. The number of carbonyl (C=O) groups excluding carboxylic acids is 1. The lowest BCUT2D eigenvalue weighted by atomic mass is 10.1. The Hall–Kier alpha value is -1.78. The molecule has 1 atom stereocenters. The molecule has 1 aliphatic rings. The third-order valence-corrected chi connectivity index (χ3v) is 5.24. The van der Waals surface area contributed by atoms with E-state index in [2.05, 4.69) is 54.5 Å². The summed E-state index contributed by atoms with van der Waals surface area (Å²) in [5.74, 6) is 0.177. The first-order valence-corrected chi connectivity index (χ1v) is 9.52. The predicted octanol–water partition coefficient (Wildman–Crippen LogP) is 3.82. The molecule has 0 aliphatic carbocycles. The Morgan fingerprint density at radius 2 is 1.92 bits per heavy atom. The molecule has 3 nitrogen and oxygen atoms in total. The lowest BCUT2D eigenvalue weighted by molar-refractivity contribution is -0.119. The quantitative estimate of drug-likeness (QED) is 0.773. The molecular formula is C20H24N2OS. The maximum absolute atomic E-state index is 12.8. The highest BCUT2D eigenvalue weighted by Gasteiger charge is 2.30. The van der Waals surface area contributed by atoms with Gasteiger partial charge in [0.1, 0.15) is 0 Å². The smallest absolute Gasteiger partial charge is 0.241 e. The second-order valence-electron chi connectivity index (χ2n) is 6.47. The number of hydrogen-bond donors (Lipinski definition) is 0. The maximum atomic E-state index is 12.8. The van der Waals surface area contributed by atoms with Gasteiger partial charge in [0.15, 0.2) is 0 Å². The number of hydrogen-bond acceptors (Lipinski definition) is 3. The lowest BCUT2D eigenvalue weighted by Crippen LogP contribution is -2.41. The first-order chi connectivity index (χ1) is 11.6. The Kier molecular flexibility index (Phi) is 5.27. The first-order valence-electron chi connectivity index (χ1n) is 8.30. The van der Waals surface area contributed by atoms with E-state index in [-0.39, 0.29) is 11.9 Å². The molecule has 0 radical (unpaired) electrons. The summed E-state index contributed by atoms with van der Waals surface area (Å²) in [7, 11) is 2.01. The number of anilines is 1. The van der Waals surface area contributed by atoms with Crippen LogP contribution in [0.15, 0.2) is 53.4 Å². The number of thioether (sulfide) groups is 1. The van der Waals surface area contributed by atoms with Crippen molar-refractivity contribution >= 4 is 23.4 Å². The van der Waals surface area contributed by atoms with Crippen LogP contribution in [0.3, 0.4) is 0 Å². The minimum atomic E-state index is 0.177. The zero-order valence-electron chi connectivity index (χ0n) is 14.5. The fraction of sp³-hybridized carbons (Fsp3) is 0.350. The van der Waals surface area contributed by atoms with Crippen molar-refractivity contribution in [1.82, 2.24) is 4.90 Å². The zero-order valence-corrected chi connectivity index (χ0v) is 15.3. The molecule has 1 heterocycles. The monoisotopic (exact) mass is 340 g/mol. The molecule has 4 heteroatoms. The van der Waals surface area contributed by atoms with Crippen LogP contribution in [-0.2, 0) is 17.8 Å². The van der Waals surface area contributed by atoms with Crippen molar-refractivity contribution in [3.63, 3.8) is 0 Å². The van der Waals surface area contributed by atoms with E-state index in [4.69, 9.17) is 0 Å². The van der Waals surface area contributed by atoms with Crippen LogP contribution in [0.4, 0.5) is 5.69 Å². The second kappa shape index (κ2) is 7.41. The van der Waals surface area contributed by atoms with Crippen molar-refractivity contribution in [2.75, 3.05) is 24.7 Å². The molecule has 3 rings (SSSR count). The molecule has 2 aromatic rings. The SMILES string of the molecule is CSc1ccc(CN(C)CC(=O)N2c3ccccc3C[C@H]2C)cc1. The number of fused-ring (bicyclic) bond motifs is 1. The number of amides is 1. The van der Waals surface area contributed by atoms with Crippen molar-refractivity contribution in [2.45, 2.75) is 30.8 Å². The average molecular weight is 340 g/mol. The van der Waals surface area contributed by atoms with Gasteiger partial charge in [-0.05, 0) is 56.0 Å². The average Bonchev–Trinajstić information content (AvgIpc) is 2.91. The van der Waals surface area contributed by atoms with Gasteiger partial charge in [0.2, 0.25) is 5.91 Å².